The average molecular weight is 193 g/mol. The zero-order valence-corrected chi connectivity index (χ0v) is 7.10. The van der Waals surface area contributed by atoms with Gasteiger partial charge >= 0.3 is 7.82 Å². The van der Waals surface area contributed by atoms with Crippen LogP contribution in [0.4, 0.5) is 5.82 Å². The molecule has 4 N–H and O–H groups in total. The summed E-state index contributed by atoms with van der Waals surface area (Å²) in [5, 5.41) is 3.57. The van der Waals surface area contributed by atoms with Gasteiger partial charge in [-0.25, -0.2) is 9.25 Å². The molecule has 0 aliphatic heterocycles. The molecule has 1 aromatic heterocycles. The van der Waals surface area contributed by atoms with Gasteiger partial charge in [0.15, 0.2) is 0 Å². The summed E-state index contributed by atoms with van der Waals surface area (Å²) in [6.45, 7) is 0. The highest BCUT2D eigenvalue weighted by Gasteiger charge is 2.18. The van der Waals surface area contributed by atoms with E-state index in [4.69, 9.17) is 15.5 Å². The molecule has 68 valence electrons. The number of rotatable bonds is 2. The average Bonchev–Trinajstić information content (AvgIpc) is 2.07. The summed E-state index contributed by atoms with van der Waals surface area (Å²) in [5.41, 5.74) is 5.33. The minimum atomic E-state index is -4.53. The number of nitrogens with zero attached hydrogens (tertiary/aromatic N) is 2. The highest BCUT2D eigenvalue weighted by Crippen LogP contribution is 2.36. The Kier molecular flexibility index (Phi) is 2.10. The van der Waals surface area contributed by atoms with Gasteiger partial charge in [-0.15, -0.1) is 5.10 Å². The number of aryl methyl sites for hydroxylation is 1. The van der Waals surface area contributed by atoms with Gasteiger partial charge in [-0.05, 0) is 0 Å². The van der Waals surface area contributed by atoms with Crippen molar-refractivity contribution in [2.45, 2.75) is 0 Å². The predicted molar refractivity (Wildman–Crippen MR) is 40.3 cm³/mol. The third kappa shape index (κ3) is 2.23. The van der Waals surface area contributed by atoms with E-state index >= 15 is 0 Å². The summed E-state index contributed by atoms with van der Waals surface area (Å²) in [6, 6.07) is 1.22. The lowest BCUT2D eigenvalue weighted by Gasteiger charge is -2.00. The van der Waals surface area contributed by atoms with E-state index in [1.165, 1.54) is 17.8 Å². The van der Waals surface area contributed by atoms with Crippen molar-refractivity contribution in [2.75, 3.05) is 5.73 Å². The van der Waals surface area contributed by atoms with Crippen LogP contribution in [0.1, 0.15) is 0 Å². The largest absolute Gasteiger partial charge is 0.526 e. The summed E-state index contributed by atoms with van der Waals surface area (Å²) in [7, 11) is -3.00. The van der Waals surface area contributed by atoms with Gasteiger partial charge in [0, 0.05) is 13.1 Å². The summed E-state index contributed by atoms with van der Waals surface area (Å²) < 4.78 is 15.7. The molecule has 0 fully saturated rings. The minimum Gasteiger partial charge on any atom is -0.384 e. The summed E-state index contributed by atoms with van der Waals surface area (Å²) >= 11 is 0. The van der Waals surface area contributed by atoms with E-state index in [0.717, 1.165) is 0 Å². The Balaban J connectivity index is 2.85. The molecule has 0 amide bonds. The molecule has 1 aromatic rings. The molecule has 1 heterocycles. The fourth-order valence-electron chi connectivity index (χ4n) is 0.621. The maximum Gasteiger partial charge on any atom is 0.526 e. The van der Waals surface area contributed by atoms with Crippen molar-refractivity contribution >= 4 is 13.6 Å². The summed E-state index contributed by atoms with van der Waals surface area (Å²) in [5.74, 6) is 0.0711. The Morgan fingerprint density at radius 1 is 1.75 bits per heavy atom. The fourth-order valence-corrected chi connectivity index (χ4v) is 0.954. The number of aromatic nitrogens is 2. The van der Waals surface area contributed by atoms with Crippen LogP contribution in [-0.4, -0.2) is 19.6 Å². The van der Waals surface area contributed by atoms with Crippen molar-refractivity contribution in [1.29, 1.82) is 0 Å². The molecule has 0 radical (unpaired) electrons. The first-order chi connectivity index (χ1) is 5.38. The van der Waals surface area contributed by atoms with Gasteiger partial charge in [0.25, 0.3) is 0 Å². The Morgan fingerprint density at radius 3 is 2.67 bits per heavy atom. The molecular formula is C4H8N3O4P. The van der Waals surface area contributed by atoms with Crippen LogP contribution >= 0.6 is 7.82 Å². The van der Waals surface area contributed by atoms with E-state index in [-0.39, 0.29) is 11.7 Å². The lowest BCUT2D eigenvalue weighted by Crippen LogP contribution is -1.97. The smallest absolute Gasteiger partial charge is 0.384 e. The van der Waals surface area contributed by atoms with Crippen LogP contribution in [0.2, 0.25) is 0 Å². The van der Waals surface area contributed by atoms with E-state index in [9.17, 15) is 4.57 Å². The highest BCUT2D eigenvalue weighted by atomic mass is 31.2. The zero-order chi connectivity index (χ0) is 9.35. The molecule has 0 saturated heterocycles. The molecule has 0 bridgehead atoms. The Hall–Kier alpha value is -1.04. The minimum absolute atomic E-state index is 0.191. The topological polar surface area (TPSA) is 111 Å². The standard InChI is InChI=1S/C4H8N3O4P/c1-7-3(5)2-4(6-7)11-12(8,9)10/h2H,5H2,1H3,(H2,8,9,10). The second kappa shape index (κ2) is 2.78. The van der Waals surface area contributed by atoms with Crippen molar-refractivity contribution in [3.05, 3.63) is 6.07 Å². The first-order valence-corrected chi connectivity index (χ1v) is 4.46. The molecule has 0 aromatic carbocycles. The quantitative estimate of drug-likeness (QED) is 0.544. The van der Waals surface area contributed by atoms with Gasteiger partial charge in [0.1, 0.15) is 5.82 Å². The third-order valence-corrected chi connectivity index (χ3v) is 1.53. The monoisotopic (exact) mass is 193 g/mol. The lowest BCUT2D eigenvalue weighted by atomic mass is 10.6. The number of hydrogen-bond acceptors (Lipinski definition) is 4. The molecule has 0 unspecified atom stereocenters. The predicted octanol–water partition coefficient (Wildman–Crippen LogP) is -0.526. The first-order valence-electron chi connectivity index (χ1n) is 2.93. The fraction of sp³-hybridized carbons (Fsp3) is 0.250. The molecule has 12 heavy (non-hydrogen) atoms. The summed E-state index contributed by atoms with van der Waals surface area (Å²) in [6.07, 6.45) is 0. The van der Waals surface area contributed by atoms with Gasteiger partial charge in [0.2, 0.25) is 5.88 Å². The number of phosphoric ester groups is 1. The molecule has 7 nitrogen and oxygen atoms in total. The molecule has 0 spiro atoms. The Bertz CT molecular complexity index is 310. The van der Waals surface area contributed by atoms with Crippen molar-refractivity contribution in [3.63, 3.8) is 0 Å². The maximum absolute atomic E-state index is 10.3. The van der Waals surface area contributed by atoms with E-state index in [1.54, 1.807) is 0 Å². The van der Waals surface area contributed by atoms with Gasteiger partial charge in [0.05, 0.1) is 0 Å². The molecular weight excluding hydrogens is 185 g/mol. The number of hydrogen-bond donors (Lipinski definition) is 3. The molecule has 8 heteroatoms. The van der Waals surface area contributed by atoms with Gasteiger partial charge < -0.3 is 10.3 Å². The number of nitrogen functional groups attached to an aromatic ring is 1. The third-order valence-electron chi connectivity index (χ3n) is 1.11. The van der Waals surface area contributed by atoms with Crippen LogP contribution in [0.25, 0.3) is 0 Å². The van der Waals surface area contributed by atoms with Crippen LogP contribution in [0.5, 0.6) is 5.88 Å². The highest BCUT2D eigenvalue weighted by molar-refractivity contribution is 7.46. The molecule has 1 rings (SSSR count). The normalized spacial score (nSPS) is 11.6. The van der Waals surface area contributed by atoms with Crippen molar-refractivity contribution < 1.29 is 18.9 Å². The van der Waals surface area contributed by atoms with E-state index in [2.05, 4.69) is 9.62 Å². The number of anilines is 1. The zero-order valence-electron chi connectivity index (χ0n) is 6.21. The molecule has 0 saturated carbocycles. The molecule has 0 aliphatic rings. The summed E-state index contributed by atoms with van der Waals surface area (Å²) in [4.78, 5) is 16.7. The SMILES string of the molecule is Cn1nc(OP(=O)(O)O)cc1N. The van der Waals surface area contributed by atoms with Crippen LogP contribution < -0.4 is 10.3 Å². The number of nitrogens with two attached hydrogens (primary N) is 1. The first kappa shape index (κ1) is 9.05. The van der Waals surface area contributed by atoms with Crippen molar-refractivity contribution in [1.82, 2.24) is 9.78 Å². The van der Waals surface area contributed by atoms with Gasteiger partial charge in [-0.3, -0.25) is 9.79 Å². The lowest BCUT2D eigenvalue weighted by molar-refractivity contribution is 0.278. The van der Waals surface area contributed by atoms with Crippen LogP contribution in [-0.2, 0) is 11.6 Å². The Morgan fingerprint density at radius 2 is 2.33 bits per heavy atom. The van der Waals surface area contributed by atoms with Crippen molar-refractivity contribution in [2.24, 2.45) is 7.05 Å². The number of phosphoric acid groups is 1. The molecule has 0 aliphatic carbocycles. The van der Waals surface area contributed by atoms with Crippen LogP contribution in [0, 0.1) is 0 Å². The van der Waals surface area contributed by atoms with E-state index in [0.29, 0.717) is 0 Å². The Labute approximate surface area is 68.0 Å². The van der Waals surface area contributed by atoms with E-state index in [1.807, 2.05) is 0 Å². The van der Waals surface area contributed by atoms with Gasteiger partial charge in [-0.2, -0.15) is 0 Å². The van der Waals surface area contributed by atoms with E-state index < -0.39 is 7.82 Å². The second-order valence-corrected chi connectivity index (χ2v) is 3.28. The van der Waals surface area contributed by atoms with Crippen LogP contribution in [0.15, 0.2) is 6.07 Å². The maximum atomic E-state index is 10.3. The molecule has 0 atom stereocenters. The van der Waals surface area contributed by atoms with Crippen LogP contribution in [0.3, 0.4) is 0 Å². The van der Waals surface area contributed by atoms with Gasteiger partial charge in [-0.1, -0.05) is 0 Å². The van der Waals surface area contributed by atoms with Crippen molar-refractivity contribution in [3.8, 4) is 5.88 Å². The second-order valence-electron chi connectivity index (χ2n) is 2.11.